The summed E-state index contributed by atoms with van der Waals surface area (Å²) < 4.78 is 11.6. The van der Waals surface area contributed by atoms with E-state index in [1.165, 1.54) is 0 Å². The minimum atomic E-state index is -0.725. The molecule has 0 aliphatic carbocycles. The third-order valence-corrected chi connectivity index (χ3v) is 4.25. The van der Waals surface area contributed by atoms with Gasteiger partial charge in [-0.2, -0.15) is 0 Å². The van der Waals surface area contributed by atoms with Crippen LogP contribution in [0.2, 0.25) is 0 Å². The van der Waals surface area contributed by atoms with Crippen molar-refractivity contribution in [3.8, 4) is 0 Å². The van der Waals surface area contributed by atoms with Crippen molar-refractivity contribution in [3.05, 3.63) is 0 Å². The monoisotopic (exact) mass is 228 g/mol. The van der Waals surface area contributed by atoms with Gasteiger partial charge < -0.3 is 14.6 Å². The molecule has 2 rings (SSSR count). The van der Waals surface area contributed by atoms with Crippen LogP contribution in [0.4, 0.5) is 0 Å². The summed E-state index contributed by atoms with van der Waals surface area (Å²) in [7, 11) is 0. The van der Waals surface area contributed by atoms with Gasteiger partial charge in [-0.05, 0) is 41.0 Å². The van der Waals surface area contributed by atoms with Crippen LogP contribution in [0.3, 0.4) is 0 Å². The van der Waals surface area contributed by atoms with Crippen LogP contribution in [0.1, 0.15) is 47.5 Å². The SMILES string of the molecule is CC1OCCC1(O)C1CC(C)(C)OC1(C)C. The Hall–Kier alpha value is -0.120. The van der Waals surface area contributed by atoms with E-state index in [-0.39, 0.29) is 23.2 Å². The van der Waals surface area contributed by atoms with Gasteiger partial charge in [0, 0.05) is 18.9 Å². The molecule has 2 heterocycles. The minimum Gasteiger partial charge on any atom is -0.387 e. The van der Waals surface area contributed by atoms with E-state index in [2.05, 4.69) is 27.7 Å². The molecule has 0 aromatic carbocycles. The quantitative estimate of drug-likeness (QED) is 0.747. The highest BCUT2D eigenvalue weighted by Crippen LogP contribution is 2.50. The summed E-state index contributed by atoms with van der Waals surface area (Å²) in [6, 6.07) is 0. The van der Waals surface area contributed by atoms with Gasteiger partial charge in [-0.3, -0.25) is 0 Å². The van der Waals surface area contributed by atoms with Gasteiger partial charge >= 0.3 is 0 Å². The Morgan fingerprint density at radius 2 is 1.81 bits per heavy atom. The van der Waals surface area contributed by atoms with E-state index in [1.807, 2.05) is 6.92 Å². The standard InChI is InChI=1S/C13H24O3/c1-9-13(14,6-7-15-9)10-8-11(2,3)16-12(10,4)5/h9-10,14H,6-8H2,1-5H3. The molecule has 0 radical (unpaired) electrons. The lowest BCUT2D eigenvalue weighted by molar-refractivity contribution is -0.129. The van der Waals surface area contributed by atoms with Crippen LogP contribution in [-0.2, 0) is 9.47 Å². The zero-order chi connectivity index (χ0) is 12.2. The molecule has 0 spiro atoms. The molecule has 1 N–H and O–H groups in total. The second kappa shape index (κ2) is 3.44. The van der Waals surface area contributed by atoms with E-state index in [0.717, 1.165) is 12.8 Å². The maximum atomic E-state index is 10.8. The van der Waals surface area contributed by atoms with Gasteiger partial charge in [0.15, 0.2) is 0 Å². The second-order valence-corrected chi connectivity index (χ2v) is 6.48. The van der Waals surface area contributed by atoms with Gasteiger partial charge in [0.1, 0.15) is 0 Å². The molecule has 94 valence electrons. The van der Waals surface area contributed by atoms with Crippen molar-refractivity contribution >= 4 is 0 Å². The van der Waals surface area contributed by atoms with Crippen LogP contribution in [-0.4, -0.2) is 34.6 Å². The lowest BCUT2D eigenvalue weighted by atomic mass is 9.71. The Morgan fingerprint density at radius 1 is 1.19 bits per heavy atom. The average Bonchev–Trinajstić information content (AvgIpc) is 2.52. The molecule has 2 saturated heterocycles. The van der Waals surface area contributed by atoms with Crippen molar-refractivity contribution < 1.29 is 14.6 Å². The van der Waals surface area contributed by atoms with Crippen LogP contribution < -0.4 is 0 Å². The zero-order valence-corrected chi connectivity index (χ0v) is 11.0. The molecule has 3 atom stereocenters. The predicted molar refractivity (Wildman–Crippen MR) is 62.3 cm³/mol. The van der Waals surface area contributed by atoms with Gasteiger partial charge in [0.05, 0.1) is 22.9 Å². The van der Waals surface area contributed by atoms with Crippen LogP contribution in [0.25, 0.3) is 0 Å². The molecule has 0 amide bonds. The summed E-state index contributed by atoms with van der Waals surface area (Å²) >= 11 is 0. The molecule has 3 nitrogen and oxygen atoms in total. The molecule has 2 aliphatic heterocycles. The van der Waals surface area contributed by atoms with Gasteiger partial charge in [-0.25, -0.2) is 0 Å². The van der Waals surface area contributed by atoms with E-state index >= 15 is 0 Å². The number of aliphatic hydroxyl groups is 1. The number of rotatable bonds is 1. The van der Waals surface area contributed by atoms with Gasteiger partial charge in [0.25, 0.3) is 0 Å². The van der Waals surface area contributed by atoms with E-state index in [1.54, 1.807) is 0 Å². The first-order valence-electron chi connectivity index (χ1n) is 6.21. The van der Waals surface area contributed by atoms with Crippen LogP contribution >= 0.6 is 0 Å². The molecule has 0 saturated carbocycles. The summed E-state index contributed by atoms with van der Waals surface area (Å²) in [5.41, 5.74) is -1.15. The molecule has 3 heteroatoms. The van der Waals surface area contributed by atoms with Crippen molar-refractivity contribution in [3.63, 3.8) is 0 Å². The Bertz CT molecular complexity index is 285. The van der Waals surface area contributed by atoms with Crippen molar-refractivity contribution in [1.29, 1.82) is 0 Å². The highest BCUT2D eigenvalue weighted by molar-refractivity contribution is 5.07. The lowest BCUT2D eigenvalue weighted by Gasteiger charge is -2.39. The zero-order valence-electron chi connectivity index (χ0n) is 11.0. The van der Waals surface area contributed by atoms with E-state index in [9.17, 15) is 5.11 Å². The fourth-order valence-corrected chi connectivity index (χ4v) is 3.55. The van der Waals surface area contributed by atoms with Crippen molar-refractivity contribution in [2.45, 2.75) is 70.4 Å². The van der Waals surface area contributed by atoms with Crippen molar-refractivity contribution in [2.75, 3.05) is 6.61 Å². The summed E-state index contributed by atoms with van der Waals surface area (Å²) in [5.74, 6) is 0.146. The Morgan fingerprint density at radius 3 is 2.19 bits per heavy atom. The molecule has 3 unspecified atom stereocenters. The average molecular weight is 228 g/mol. The molecule has 0 aromatic rings. The van der Waals surface area contributed by atoms with Crippen LogP contribution in [0, 0.1) is 5.92 Å². The van der Waals surface area contributed by atoms with E-state index < -0.39 is 5.60 Å². The van der Waals surface area contributed by atoms with E-state index in [0.29, 0.717) is 6.61 Å². The minimum absolute atomic E-state index is 0.0886. The van der Waals surface area contributed by atoms with Crippen molar-refractivity contribution in [1.82, 2.24) is 0 Å². The van der Waals surface area contributed by atoms with E-state index in [4.69, 9.17) is 9.47 Å². The first-order chi connectivity index (χ1) is 7.17. The highest BCUT2D eigenvalue weighted by Gasteiger charge is 2.58. The normalized spacial score (nSPS) is 46.1. The molecular weight excluding hydrogens is 204 g/mol. The summed E-state index contributed by atoms with van der Waals surface area (Å²) in [6.07, 6.45) is 1.53. The molecule has 0 bridgehead atoms. The van der Waals surface area contributed by atoms with Gasteiger partial charge in [-0.15, -0.1) is 0 Å². The Labute approximate surface area is 98.1 Å². The predicted octanol–water partition coefficient (Wildman–Crippen LogP) is 2.12. The second-order valence-electron chi connectivity index (χ2n) is 6.48. The lowest BCUT2D eigenvalue weighted by Crippen LogP contribution is -2.50. The topological polar surface area (TPSA) is 38.7 Å². The van der Waals surface area contributed by atoms with Crippen LogP contribution in [0.15, 0.2) is 0 Å². The maximum Gasteiger partial charge on any atom is 0.0983 e. The third-order valence-electron chi connectivity index (χ3n) is 4.25. The first kappa shape index (κ1) is 12.3. The third kappa shape index (κ3) is 1.79. The number of hydrogen-bond donors (Lipinski definition) is 1. The number of hydrogen-bond acceptors (Lipinski definition) is 3. The highest BCUT2D eigenvalue weighted by atomic mass is 16.5. The maximum absolute atomic E-state index is 10.8. The van der Waals surface area contributed by atoms with Gasteiger partial charge in [0.2, 0.25) is 0 Å². The summed E-state index contributed by atoms with van der Waals surface area (Å²) in [4.78, 5) is 0. The first-order valence-corrected chi connectivity index (χ1v) is 6.21. The molecule has 2 aliphatic rings. The molecular formula is C13H24O3. The van der Waals surface area contributed by atoms with Gasteiger partial charge in [-0.1, -0.05) is 0 Å². The molecule has 16 heavy (non-hydrogen) atoms. The Balaban J connectivity index is 2.27. The number of ether oxygens (including phenoxy) is 2. The molecule has 2 fully saturated rings. The molecule has 0 aromatic heterocycles. The largest absolute Gasteiger partial charge is 0.387 e. The fourth-order valence-electron chi connectivity index (χ4n) is 3.55. The Kier molecular flexibility index (Phi) is 2.65. The smallest absolute Gasteiger partial charge is 0.0983 e. The summed E-state index contributed by atoms with van der Waals surface area (Å²) in [6.45, 7) is 11.0. The fraction of sp³-hybridized carbons (Fsp3) is 1.00. The summed E-state index contributed by atoms with van der Waals surface area (Å²) in [5, 5.41) is 10.8. The van der Waals surface area contributed by atoms with Crippen molar-refractivity contribution in [2.24, 2.45) is 5.92 Å². The van der Waals surface area contributed by atoms with Crippen LogP contribution in [0.5, 0.6) is 0 Å².